The van der Waals surface area contributed by atoms with Gasteiger partial charge in [-0.1, -0.05) is 52.9 Å². The van der Waals surface area contributed by atoms with Gasteiger partial charge in [-0.25, -0.2) is 0 Å². The van der Waals surface area contributed by atoms with Crippen molar-refractivity contribution in [3.8, 4) is 0 Å². The molecule has 0 aliphatic heterocycles. The number of rotatable bonds is 10. The summed E-state index contributed by atoms with van der Waals surface area (Å²) in [5, 5.41) is 13.9. The van der Waals surface area contributed by atoms with Crippen LogP contribution in [0.4, 0.5) is 0 Å². The highest BCUT2D eigenvalue weighted by Gasteiger charge is 2.62. The molecule has 1 amide bonds. The minimum atomic E-state index is -0.118. The summed E-state index contributed by atoms with van der Waals surface area (Å²) in [6.07, 6.45) is 17.3. The van der Waals surface area contributed by atoms with E-state index in [1.54, 1.807) is 0 Å². The van der Waals surface area contributed by atoms with E-state index < -0.39 is 0 Å². The summed E-state index contributed by atoms with van der Waals surface area (Å²) in [7, 11) is 0. The number of aliphatic hydroxyl groups is 1. The van der Waals surface area contributed by atoms with E-state index in [2.05, 4.69) is 26.1 Å². The monoisotopic (exact) mass is 473 g/mol. The molecule has 4 rings (SSSR count). The Kier molecular flexibility index (Phi) is 8.48. The highest BCUT2D eigenvalue weighted by Crippen LogP contribution is 2.67. The maximum atomic E-state index is 12.4. The van der Waals surface area contributed by atoms with E-state index in [1.807, 2.05) is 0 Å². The lowest BCUT2D eigenvalue weighted by atomic mass is 9.42. The standard InChI is InChI=1S/C30H51NO3/c1-4-18-31-27(34)11-9-7-5-6-8-10-21-19-22-20-23(32)14-16-29(22,2)25-15-17-30(3)24(28(21)25)12-13-26(30)33/h21-22,24-26,28,33H,4-20H2,1-3H3,(H,31,34)/t21?,22-,24-,25-,26-,28-,29-,30-/m0/s1. The minimum Gasteiger partial charge on any atom is -0.393 e. The maximum Gasteiger partial charge on any atom is 0.219 e. The Morgan fingerprint density at radius 2 is 1.74 bits per heavy atom. The maximum absolute atomic E-state index is 12.4. The highest BCUT2D eigenvalue weighted by atomic mass is 16.3. The normalized spacial score (nSPS) is 41.5. The number of carbonyl (C=O) groups excluding carboxylic acids is 2. The topological polar surface area (TPSA) is 66.4 Å². The quantitative estimate of drug-likeness (QED) is 0.359. The first kappa shape index (κ1) is 26.2. The van der Waals surface area contributed by atoms with Crippen LogP contribution in [-0.4, -0.2) is 29.4 Å². The number of unbranched alkanes of at least 4 members (excludes halogenated alkanes) is 4. The van der Waals surface area contributed by atoms with E-state index in [4.69, 9.17) is 0 Å². The Labute approximate surface area is 208 Å². The van der Waals surface area contributed by atoms with Gasteiger partial charge in [0.2, 0.25) is 5.91 Å². The summed E-state index contributed by atoms with van der Waals surface area (Å²) in [5.74, 6) is 4.17. The number of ketones is 1. The molecule has 0 heterocycles. The summed E-state index contributed by atoms with van der Waals surface area (Å²) in [6.45, 7) is 7.80. The van der Waals surface area contributed by atoms with Gasteiger partial charge in [0.25, 0.3) is 0 Å². The van der Waals surface area contributed by atoms with Gasteiger partial charge >= 0.3 is 0 Å². The molecule has 4 heteroatoms. The fourth-order valence-electron chi connectivity index (χ4n) is 9.07. The molecule has 0 aromatic heterocycles. The number of carbonyl (C=O) groups is 2. The zero-order valence-electron chi connectivity index (χ0n) is 22.2. The molecule has 0 bridgehead atoms. The third kappa shape index (κ3) is 5.13. The molecule has 4 aliphatic rings. The van der Waals surface area contributed by atoms with Gasteiger partial charge in [0.05, 0.1) is 6.10 Å². The van der Waals surface area contributed by atoms with Crippen LogP contribution in [0.15, 0.2) is 0 Å². The van der Waals surface area contributed by atoms with Crippen LogP contribution in [0.2, 0.25) is 0 Å². The number of Topliss-reactive ketones (excluding diaryl/α,β-unsaturated/α-hetero) is 1. The van der Waals surface area contributed by atoms with Crippen molar-refractivity contribution in [2.75, 3.05) is 6.54 Å². The Morgan fingerprint density at radius 1 is 1.00 bits per heavy atom. The van der Waals surface area contributed by atoms with Crippen LogP contribution < -0.4 is 5.32 Å². The predicted octanol–water partition coefficient (Wildman–Crippen LogP) is 6.44. The van der Waals surface area contributed by atoms with Crippen molar-refractivity contribution in [2.45, 2.75) is 130 Å². The average molecular weight is 474 g/mol. The lowest BCUT2D eigenvalue weighted by Crippen LogP contribution is -2.57. The van der Waals surface area contributed by atoms with Crippen molar-refractivity contribution < 1.29 is 14.7 Å². The Hall–Kier alpha value is -0.900. The first-order chi connectivity index (χ1) is 16.3. The molecule has 2 N–H and O–H groups in total. The summed E-state index contributed by atoms with van der Waals surface area (Å²) < 4.78 is 0. The molecule has 4 fully saturated rings. The lowest BCUT2D eigenvalue weighted by Gasteiger charge is -2.62. The summed E-state index contributed by atoms with van der Waals surface area (Å²) in [5.41, 5.74) is 0.452. The Balaban J connectivity index is 1.34. The molecule has 4 aliphatic carbocycles. The third-order valence-corrected chi connectivity index (χ3v) is 11.2. The van der Waals surface area contributed by atoms with E-state index in [9.17, 15) is 14.7 Å². The molecule has 4 saturated carbocycles. The number of amides is 1. The molecule has 0 saturated heterocycles. The Bertz CT molecular complexity index is 722. The molecule has 0 spiro atoms. The molecule has 0 radical (unpaired) electrons. The van der Waals surface area contributed by atoms with Crippen LogP contribution in [-0.2, 0) is 9.59 Å². The summed E-state index contributed by atoms with van der Waals surface area (Å²) in [4.78, 5) is 24.2. The number of nitrogens with one attached hydrogen (secondary N) is 1. The van der Waals surface area contributed by atoms with Crippen LogP contribution in [0.5, 0.6) is 0 Å². The highest BCUT2D eigenvalue weighted by molar-refractivity contribution is 5.79. The summed E-state index contributed by atoms with van der Waals surface area (Å²) in [6, 6.07) is 0. The molecule has 8 atom stereocenters. The average Bonchev–Trinajstić information content (AvgIpc) is 3.12. The molecule has 4 nitrogen and oxygen atoms in total. The molecular formula is C30H51NO3. The van der Waals surface area contributed by atoms with E-state index in [0.29, 0.717) is 29.5 Å². The van der Waals surface area contributed by atoms with Gasteiger partial charge < -0.3 is 10.4 Å². The van der Waals surface area contributed by atoms with E-state index >= 15 is 0 Å². The second-order valence-corrected chi connectivity index (χ2v) is 13.0. The van der Waals surface area contributed by atoms with Crippen LogP contribution in [0, 0.1) is 40.4 Å². The molecule has 34 heavy (non-hydrogen) atoms. The number of fused-ring (bicyclic) bond motifs is 5. The number of hydrogen-bond donors (Lipinski definition) is 2. The van der Waals surface area contributed by atoms with Crippen molar-refractivity contribution in [3.63, 3.8) is 0 Å². The van der Waals surface area contributed by atoms with Gasteiger partial charge in [0, 0.05) is 25.8 Å². The molecule has 0 aromatic rings. The smallest absolute Gasteiger partial charge is 0.219 e. The van der Waals surface area contributed by atoms with Crippen LogP contribution >= 0.6 is 0 Å². The SMILES string of the molecule is CCCNC(=O)CCCCCCCC1C[C@H]2CC(=O)CC[C@]2(C)[C@H]2CC[C@]3(C)[C@@H](O)CC[C@H]3[C@H]12. The first-order valence-corrected chi connectivity index (χ1v) is 14.8. The van der Waals surface area contributed by atoms with Crippen molar-refractivity contribution in [2.24, 2.45) is 40.4 Å². The Morgan fingerprint density at radius 3 is 2.53 bits per heavy atom. The van der Waals surface area contributed by atoms with Crippen LogP contribution in [0.3, 0.4) is 0 Å². The zero-order chi connectivity index (χ0) is 24.3. The van der Waals surface area contributed by atoms with Gasteiger partial charge in [0.15, 0.2) is 0 Å². The largest absolute Gasteiger partial charge is 0.393 e. The van der Waals surface area contributed by atoms with E-state index in [-0.39, 0.29) is 17.4 Å². The predicted molar refractivity (Wildman–Crippen MR) is 137 cm³/mol. The number of aliphatic hydroxyl groups excluding tert-OH is 1. The van der Waals surface area contributed by atoms with Gasteiger partial charge in [-0.15, -0.1) is 0 Å². The van der Waals surface area contributed by atoms with Crippen LogP contribution in [0.1, 0.15) is 124 Å². The molecule has 1 unspecified atom stereocenters. The van der Waals surface area contributed by atoms with Crippen molar-refractivity contribution in [1.82, 2.24) is 5.32 Å². The second-order valence-electron chi connectivity index (χ2n) is 13.0. The molecule has 194 valence electrons. The zero-order valence-corrected chi connectivity index (χ0v) is 22.2. The summed E-state index contributed by atoms with van der Waals surface area (Å²) >= 11 is 0. The minimum absolute atomic E-state index is 0.117. The fourth-order valence-corrected chi connectivity index (χ4v) is 9.07. The first-order valence-electron chi connectivity index (χ1n) is 14.8. The van der Waals surface area contributed by atoms with Crippen LogP contribution in [0.25, 0.3) is 0 Å². The van der Waals surface area contributed by atoms with Gasteiger partial charge in [-0.05, 0) is 91.8 Å². The lowest BCUT2D eigenvalue weighted by molar-refractivity contribution is -0.156. The fraction of sp³-hybridized carbons (Fsp3) is 0.933. The number of hydrogen-bond acceptors (Lipinski definition) is 3. The van der Waals surface area contributed by atoms with Crippen molar-refractivity contribution >= 4 is 11.7 Å². The van der Waals surface area contributed by atoms with Crippen molar-refractivity contribution in [3.05, 3.63) is 0 Å². The van der Waals surface area contributed by atoms with Crippen molar-refractivity contribution in [1.29, 1.82) is 0 Å². The molecular weight excluding hydrogens is 422 g/mol. The molecule has 0 aromatic carbocycles. The second kappa shape index (κ2) is 11.0. The van der Waals surface area contributed by atoms with Gasteiger partial charge in [-0.2, -0.15) is 0 Å². The van der Waals surface area contributed by atoms with Gasteiger partial charge in [-0.3, -0.25) is 9.59 Å². The van der Waals surface area contributed by atoms with E-state index in [1.165, 1.54) is 51.4 Å². The van der Waals surface area contributed by atoms with E-state index in [0.717, 1.165) is 69.2 Å². The van der Waals surface area contributed by atoms with Gasteiger partial charge in [0.1, 0.15) is 5.78 Å². The third-order valence-electron chi connectivity index (χ3n) is 11.2.